The van der Waals surface area contributed by atoms with Crippen LogP contribution < -0.4 is 0 Å². The maximum Gasteiger partial charge on any atom is 0.0810 e. The van der Waals surface area contributed by atoms with Gasteiger partial charge in [0, 0.05) is 40.6 Å². The van der Waals surface area contributed by atoms with E-state index >= 15 is 0 Å². The van der Waals surface area contributed by atoms with Crippen LogP contribution in [0.15, 0.2) is 36.0 Å². The summed E-state index contributed by atoms with van der Waals surface area (Å²) in [5.74, 6) is 0. The van der Waals surface area contributed by atoms with Gasteiger partial charge in [-0.05, 0) is 65.7 Å². The lowest BCUT2D eigenvalue weighted by molar-refractivity contribution is 0.143. The molecule has 0 aromatic carbocycles. The summed E-state index contributed by atoms with van der Waals surface area (Å²) < 4.78 is 19.8. The summed E-state index contributed by atoms with van der Waals surface area (Å²) in [6.07, 6.45) is 27.8. The molecule has 222 valence electrons. The van der Waals surface area contributed by atoms with Crippen LogP contribution in [-0.4, -0.2) is 53.4 Å². The van der Waals surface area contributed by atoms with Gasteiger partial charge in [0.2, 0.25) is 0 Å². The van der Waals surface area contributed by atoms with Crippen molar-refractivity contribution in [2.24, 2.45) is 0 Å². The smallest absolute Gasteiger partial charge is 0.0810 e. The summed E-state index contributed by atoms with van der Waals surface area (Å²) in [6.45, 7) is 17.4. The maximum absolute atomic E-state index is 5.14. The molecule has 0 amide bonds. The number of unbranched alkanes of at least 4 members (excludes halogenated alkanes) is 5. The van der Waals surface area contributed by atoms with E-state index in [1.165, 1.54) is 82.6 Å². The third-order valence-corrected chi connectivity index (χ3v) is 5.51. The van der Waals surface area contributed by atoms with Crippen LogP contribution in [0.1, 0.15) is 125 Å². The van der Waals surface area contributed by atoms with Crippen molar-refractivity contribution in [1.82, 2.24) is 0 Å². The van der Waals surface area contributed by atoms with E-state index in [0.717, 1.165) is 39.5 Å². The lowest BCUT2D eigenvalue weighted by atomic mass is 10.1. The van der Waals surface area contributed by atoms with Crippen molar-refractivity contribution in [2.45, 2.75) is 131 Å². The summed E-state index contributed by atoms with van der Waals surface area (Å²) in [6, 6.07) is 0. The van der Waals surface area contributed by atoms with Gasteiger partial charge in [0.05, 0.1) is 12.7 Å². The van der Waals surface area contributed by atoms with Crippen molar-refractivity contribution >= 4 is 0 Å². The summed E-state index contributed by atoms with van der Waals surface area (Å²) in [4.78, 5) is 0. The van der Waals surface area contributed by atoms with E-state index in [4.69, 9.17) is 18.9 Å². The number of epoxide rings is 1. The number of methoxy groups -OCH3 is 2. The number of hydrogen-bond donors (Lipinski definition) is 0. The van der Waals surface area contributed by atoms with Crippen molar-refractivity contribution < 1.29 is 18.9 Å². The monoisotopic (exact) mass is 526 g/mol. The van der Waals surface area contributed by atoms with E-state index in [-0.39, 0.29) is 0 Å². The Morgan fingerprint density at radius 1 is 0.892 bits per heavy atom. The van der Waals surface area contributed by atoms with Crippen LogP contribution in [0.25, 0.3) is 0 Å². The first-order chi connectivity index (χ1) is 18.1. The van der Waals surface area contributed by atoms with E-state index in [0.29, 0.717) is 6.10 Å². The molecule has 0 bridgehead atoms. The number of rotatable bonds is 15. The van der Waals surface area contributed by atoms with Crippen molar-refractivity contribution in [3.05, 3.63) is 36.0 Å². The summed E-state index contributed by atoms with van der Waals surface area (Å²) in [7, 11) is 3.46. The molecule has 1 heterocycles. The fourth-order valence-electron chi connectivity index (χ4n) is 3.02. The van der Waals surface area contributed by atoms with Crippen molar-refractivity contribution in [1.29, 1.82) is 0 Å². The normalized spacial score (nSPS) is 15.5. The first-order valence-corrected chi connectivity index (χ1v) is 15.2. The molecule has 4 nitrogen and oxygen atoms in total. The van der Waals surface area contributed by atoms with Crippen molar-refractivity contribution in [3.8, 4) is 0 Å². The molecule has 1 aliphatic heterocycles. The van der Waals surface area contributed by atoms with Crippen LogP contribution in [0, 0.1) is 0 Å². The Kier molecular flexibility index (Phi) is 43.4. The van der Waals surface area contributed by atoms with Gasteiger partial charge in [-0.2, -0.15) is 0 Å². The Morgan fingerprint density at radius 2 is 1.51 bits per heavy atom. The molecule has 1 aliphatic carbocycles. The van der Waals surface area contributed by atoms with Gasteiger partial charge in [0.15, 0.2) is 0 Å². The molecule has 37 heavy (non-hydrogen) atoms. The first kappa shape index (κ1) is 40.6. The van der Waals surface area contributed by atoms with Gasteiger partial charge < -0.3 is 18.9 Å². The SMILES string of the molecule is CC1=CC=CCCC1.CC=CCCOC.CCCCC1CO1.CCCCCOC.CCCCCOCC. The molecule has 0 aromatic rings. The quantitative estimate of drug-likeness (QED) is 0.121. The maximum atomic E-state index is 5.14. The molecular formula is C33H66O4. The Labute approximate surface area is 233 Å². The molecule has 0 saturated carbocycles. The highest BCUT2D eigenvalue weighted by atomic mass is 16.6. The van der Waals surface area contributed by atoms with E-state index in [2.05, 4.69) is 52.0 Å². The standard InChI is InChI=1S/C8H12.C7H16O.C6H12O.C6H14O.C6H12O/c1-8-6-4-2-3-5-7-8;1-3-5-6-7-8-4-2;1-2-3-4-6-5-7-6;2*1-3-4-5-6-7-2/h2,4,6H,3,5,7H2,1H3;3-7H2,1-2H3;6H,2-5H2,1H3;3-6H2,1-2H3;3-4H,5-6H2,1-2H3. The third kappa shape index (κ3) is 48.7. The number of ether oxygens (including phenoxy) is 4. The fourth-order valence-corrected chi connectivity index (χ4v) is 3.02. The molecule has 2 rings (SSSR count). The molecule has 1 unspecified atom stereocenters. The Hall–Kier alpha value is -0.940. The van der Waals surface area contributed by atoms with Crippen molar-refractivity contribution in [3.63, 3.8) is 0 Å². The van der Waals surface area contributed by atoms with E-state index in [1.54, 1.807) is 14.2 Å². The summed E-state index contributed by atoms with van der Waals surface area (Å²) >= 11 is 0. The minimum absolute atomic E-state index is 0.653. The van der Waals surface area contributed by atoms with Crippen LogP contribution >= 0.6 is 0 Å². The predicted octanol–water partition coefficient (Wildman–Crippen LogP) is 9.88. The van der Waals surface area contributed by atoms with Gasteiger partial charge in [0.25, 0.3) is 0 Å². The highest BCUT2D eigenvalue weighted by molar-refractivity contribution is 5.12. The Balaban J connectivity index is -0.000000391. The highest BCUT2D eigenvalue weighted by Gasteiger charge is 2.20. The zero-order chi connectivity index (χ0) is 28.2. The Bertz CT molecular complexity index is 457. The zero-order valence-corrected chi connectivity index (χ0v) is 26.3. The highest BCUT2D eigenvalue weighted by Crippen LogP contribution is 2.15. The molecular weight excluding hydrogens is 460 g/mol. The van der Waals surface area contributed by atoms with Crippen molar-refractivity contribution in [2.75, 3.05) is 47.3 Å². The van der Waals surface area contributed by atoms with Gasteiger partial charge in [-0.25, -0.2) is 0 Å². The molecule has 1 saturated heterocycles. The van der Waals surface area contributed by atoms with Crippen LogP contribution in [0.2, 0.25) is 0 Å². The number of allylic oxidation sites excluding steroid dienone is 5. The van der Waals surface area contributed by atoms with E-state index in [1.807, 2.05) is 19.9 Å². The van der Waals surface area contributed by atoms with Crippen LogP contribution in [-0.2, 0) is 18.9 Å². The second kappa shape index (κ2) is 39.6. The number of hydrogen-bond acceptors (Lipinski definition) is 4. The predicted molar refractivity (Wildman–Crippen MR) is 165 cm³/mol. The van der Waals surface area contributed by atoms with Gasteiger partial charge in [-0.15, -0.1) is 0 Å². The Morgan fingerprint density at radius 3 is 2.03 bits per heavy atom. The average Bonchev–Trinajstić information content (AvgIpc) is 3.76. The second-order valence-electron chi connectivity index (χ2n) is 9.39. The largest absolute Gasteiger partial charge is 0.385 e. The molecule has 0 N–H and O–H groups in total. The van der Waals surface area contributed by atoms with Gasteiger partial charge in [-0.1, -0.05) is 95.2 Å². The minimum Gasteiger partial charge on any atom is -0.385 e. The summed E-state index contributed by atoms with van der Waals surface area (Å²) in [5.41, 5.74) is 1.51. The molecule has 1 atom stereocenters. The average molecular weight is 527 g/mol. The van der Waals surface area contributed by atoms with Crippen LogP contribution in [0.5, 0.6) is 0 Å². The first-order valence-electron chi connectivity index (χ1n) is 15.2. The van der Waals surface area contributed by atoms with Crippen LogP contribution in [0.4, 0.5) is 0 Å². The molecule has 0 spiro atoms. The second-order valence-corrected chi connectivity index (χ2v) is 9.39. The lowest BCUT2D eigenvalue weighted by Crippen LogP contribution is -1.91. The van der Waals surface area contributed by atoms with E-state index in [9.17, 15) is 0 Å². The fraction of sp³-hybridized carbons (Fsp3) is 0.818. The molecule has 0 radical (unpaired) electrons. The minimum atomic E-state index is 0.653. The van der Waals surface area contributed by atoms with Gasteiger partial charge in [-0.3, -0.25) is 0 Å². The van der Waals surface area contributed by atoms with Gasteiger partial charge in [0.1, 0.15) is 0 Å². The third-order valence-electron chi connectivity index (χ3n) is 5.51. The summed E-state index contributed by atoms with van der Waals surface area (Å²) in [5, 5.41) is 0. The van der Waals surface area contributed by atoms with E-state index < -0.39 is 0 Å². The lowest BCUT2D eigenvalue weighted by Gasteiger charge is -1.96. The zero-order valence-electron chi connectivity index (χ0n) is 26.3. The molecule has 1 fully saturated rings. The van der Waals surface area contributed by atoms with Crippen LogP contribution in [0.3, 0.4) is 0 Å². The topological polar surface area (TPSA) is 40.2 Å². The van der Waals surface area contributed by atoms with Gasteiger partial charge >= 0.3 is 0 Å². The molecule has 0 aromatic heterocycles. The molecule has 4 heteroatoms. The molecule has 2 aliphatic rings.